The number of rotatable bonds is 2. The van der Waals surface area contributed by atoms with Crippen LogP contribution < -0.4 is 15.2 Å². The van der Waals surface area contributed by atoms with Gasteiger partial charge < -0.3 is 15.2 Å². The fourth-order valence-electron chi connectivity index (χ4n) is 3.39. The molecule has 4 rings (SSSR count). The van der Waals surface area contributed by atoms with Gasteiger partial charge in [0.2, 0.25) is 0 Å². The largest absolute Gasteiger partial charge is 0.486 e. The molecule has 0 saturated heterocycles. The standard InChI is InChI=1S/C18H19NO2/c19-18(15-9-12-3-1-2-4-13(12)10-15)14-5-6-16-17(11-14)21-8-7-20-16/h1-6,11,15,18H,7-10,19H2. The average Bonchev–Trinajstić information content (AvgIpc) is 2.97. The van der Waals surface area contributed by atoms with E-state index in [1.807, 2.05) is 12.1 Å². The van der Waals surface area contributed by atoms with Crippen LogP contribution in [0.25, 0.3) is 0 Å². The van der Waals surface area contributed by atoms with E-state index < -0.39 is 0 Å². The third-order valence-electron chi connectivity index (χ3n) is 4.54. The highest BCUT2D eigenvalue weighted by Gasteiger charge is 2.28. The van der Waals surface area contributed by atoms with E-state index in [-0.39, 0.29) is 6.04 Å². The van der Waals surface area contributed by atoms with E-state index in [1.54, 1.807) is 0 Å². The molecular formula is C18H19NO2. The Kier molecular flexibility index (Phi) is 3.08. The van der Waals surface area contributed by atoms with Crippen LogP contribution >= 0.6 is 0 Å². The molecule has 1 aliphatic heterocycles. The Labute approximate surface area is 124 Å². The van der Waals surface area contributed by atoms with Gasteiger partial charge in [-0.15, -0.1) is 0 Å². The minimum absolute atomic E-state index is 0.0354. The summed E-state index contributed by atoms with van der Waals surface area (Å²) in [4.78, 5) is 0. The van der Waals surface area contributed by atoms with E-state index in [0.29, 0.717) is 19.1 Å². The molecule has 1 heterocycles. The fraction of sp³-hybridized carbons (Fsp3) is 0.333. The van der Waals surface area contributed by atoms with Crippen molar-refractivity contribution in [3.8, 4) is 11.5 Å². The zero-order valence-corrected chi connectivity index (χ0v) is 11.9. The summed E-state index contributed by atoms with van der Waals surface area (Å²) in [6.07, 6.45) is 2.12. The van der Waals surface area contributed by atoms with Gasteiger partial charge in [-0.1, -0.05) is 30.3 Å². The molecule has 0 spiro atoms. The molecular weight excluding hydrogens is 262 g/mol. The zero-order chi connectivity index (χ0) is 14.2. The van der Waals surface area contributed by atoms with Gasteiger partial charge in [0.25, 0.3) is 0 Å². The second kappa shape index (κ2) is 5.08. The van der Waals surface area contributed by atoms with Crippen molar-refractivity contribution in [1.29, 1.82) is 0 Å². The molecule has 2 aliphatic rings. The molecule has 3 nitrogen and oxygen atoms in total. The maximum absolute atomic E-state index is 6.52. The molecule has 108 valence electrons. The lowest BCUT2D eigenvalue weighted by atomic mass is 9.91. The first-order chi connectivity index (χ1) is 10.3. The summed E-state index contributed by atoms with van der Waals surface area (Å²) < 4.78 is 11.2. The fourth-order valence-corrected chi connectivity index (χ4v) is 3.39. The highest BCUT2D eigenvalue weighted by Crippen LogP contribution is 2.37. The van der Waals surface area contributed by atoms with E-state index in [4.69, 9.17) is 15.2 Å². The molecule has 0 fully saturated rings. The first-order valence-corrected chi connectivity index (χ1v) is 7.53. The molecule has 1 aliphatic carbocycles. The summed E-state index contributed by atoms with van der Waals surface area (Å²) in [6.45, 7) is 1.23. The maximum atomic E-state index is 6.52. The molecule has 21 heavy (non-hydrogen) atoms. The van der Waals surface area contributed by atoms with E-state index in [1.165, 1.54) is 11.1 Å². The third-order valence-corrected chi connectivity index (χ3v) is 4.54. The van der Waals surface area contributed by atoms with Gasteiger partial charge in [-0.2, -0.15) is 0 Å². The van der Waals surface area contributed by atoms with Gasteiger partial charge in [-0.05, 0) is 47.6 Å². The second-order valence-corrected chi connectivity index (χ2v) is 5.87. The van der Waals surface area contributed by atoms with E-state index >= 15 is 0 Å². The van der Waals surface area contributed by atoms with Crippen molar-refractivity contribution in [2.75, 3.05) is 13.2 Å². The van der Waals surface area contributed by atoms with Gasteiger partial charge in [0.05, 0.1) is 0 Å². The average molecular weight is 281 g/mol. The van der Waals surface area contributed by atoms with Crippen molar-refractivity contribution in [3.63, 3.8) is 0 Å². The summed E-state index contributed by atoms with van der Waals surface area (Å²) in [5.74, 6) is 2.11. The molecule has 0 saturated carbocycles. The third kappa shape index (κ3) is 2.28. The van der Waals surface area contributed by atoms with Crippen LogP contribution in [0.1, 0.15) is 22.7 Å². The van der Waals surface area contributed by atoms with Gasteiger partial charge in [0.1, 0.15) is 13.2 Å². The number of ether oxygens (including phenoxy) is 2. The highest BCUT2D eigenvalue weighted by molar-refractivity contribution is 5.45. The van der Waals surface area contributed by atoms with Crippen LogP contribution in [0.3, 0.4) is 0 Å². The number of nitrogens with two attached hydrogens (primary N) is 1. The van der Waals surface area contributed by atoms with Crippen LogP contribution in [0, 0.1) is 5.92 Å². The van der Waals surface area contributed by atoms with Crippen LogP contribution in [-0.2, 0) is 12.8 Å². The Balaban J connectivity index is 1.57. The Morgan fingerprint density at radius 1 is 0.905 bits per heavy atom. The first kappa shape index (κ1) is 12.7. The van der Waals surface area contributed by atoms with Gasteiger partial charge in [0.15, 0.2) is 11.5 Å². The number of hydrogen-bond donors (Lipinski definition) is 1. The number of benzene rings is 2. The Morgan fingerprint density at radius 3 is 2.29 bits per heavy atom. The predicted octanol–water partition coefficient (Wildman–Crippen LogP) is 2.87. The maximum Gasteiger partial charge on any atom is 0.161 e. The topological polar surface area (TPSA) is 44.5 Å². The van der Waals surface area contributed by atoms with Crippen LogP contribution in [-0.4, -0.2) is 13.2 Å². The van der Waals surface area contributed by atoms with Gasteiger partial charge in [-0.25, -0.2) is 0 Å². The lowest BCUT2D eigenvalue weighted by Gasteiger charge is -2.23. The lowest BCUT2D eigenvalue weighted by Crippen LogP contribution is -2.22. The van der Waals surface area contributed by atoms with E-state index in [0.717, 1.165) is 29.9 Å². The molecule has 2 aromatic carbocycles. The SMILES string of the molecule is NC(c1ccc2c(c1)OCCO2)C1Cc2ccccc2C1. The second-order valence-electron chi connectivity index (χ2n) is 5.87. The molecule has 1 unspecified atom stereocenters. The van der Waals surface area contributed by atoms with Crippen LogP contribution in [0.2, 0.25) is 0 Å². The van der Waals surface area contributed by atoms with Crippen molar-refractivity contribution in [1.82, 2.24) is 0 Å². The van der Waals surface area contributed by atoms with Gasteiger partial charge in [0, 0.05) is 6.04 Å². The van der Waals surface area contributed by atoms with Crippen molar-refractivity contribution in [3.05, 3.63) is 59.2 Å². The molecule has 3 heteroatoms. The van der Waals surface area contributed by atoms with Crippen molar-refractivity contribution in [2.45, 2.75) is 18.9 Å². The minimum Gasteiger partial charge on any atom is -0.486 e. The number of hydrogen-bond acceptors (Lipinski definition) is 3. The molecule has 1 atom stereocenters. The molecule has 2 aromatic rings. The molecule has 0 bridgehead atoms. The summed E-state index contributed by atoms with van der Waals surface area (Å²) in [5, 5.41) is 0. The van der Waals surface area contributed by atoms with Crippen molar-refractivity contribution < 1.29 is 9.47 Å². The predicted molar refractivity (Wildman–Crippen MR) is 81.7 cm³/mol. The molecule has 2 N–H and O–H groups in total. The van der Waals surface area contributed by atoms with Crippen LogP contribution in [0.4, 0.5) is 0 Å². The zero-order valence-electron chi connectivity index (χ0n) is 11.9. The summed E-state index contributed by atoms with van der Waals surface area (Å²) in [6, 6.07) is 14.8. The summed E-state index contributed by atoms with van der Waals surface area (Å²) in [5.41, 5.74) is 10.5. The van der Waals surface area contributed by atoms with Crippen molar-refractivity contribution >= 4 is 0 Å². The monoisotopic (exact) mass is 281 g/mol. The lowest BCUT2D eigenvalue weighted by molar-refractivity contribution is 0.171. The Morgan fingerprint density at radius 2 is 1.57 bits per heavy atom. The quantitative estimate of drug-likeness (QED) is 0.920. The van der Waals surface area contributed by atoms with Crippen LogP contribution in [0.5, 0.6) is 11.5 Å². The Hall–Kier alpha value is -2.00. The smallest absolute Gasteiger partial charge is 0.161 e. The summed E-state index contributed by atoms with van der Waals surface area (Å²) in [7, 11) is 0. The van der Waals surface area contributed by atoms with Crippen molar-refractivity contribution in [2.24, 2.45) is 11.7 Å². The van der Waals surface area contributed by atoms with E-state index in [2.05, 4.69) is 30.3 Å². The first-order valence-electron chi connectivity index (χ1n) is 7.53. The van der Waals surface area contributed by atoms with Crippen LogP contribution in [0.15, 0.2) is 42.5 Å². The summed E-state index contributed by atoms with van der Waals surface area (Å²) >= 11 is 0. The van der Waals surface area contributed by atoms with E-state index in [9.17, 15) is 0 Å². The van der Waals surface area contributed by atoms with Gasteiger partial charge >= 0.3 is 0 Å². The molecule has 0 radical (unpaired) electrons. The molecule has 0 aromatic heterocycles. The van der Waals surface area contributed by atoms with Gasteiger partial charge in [-0.3, -0.25) is 0 Å². The number of fused-ring (bicyclic) bond motifs is 2. The Bertz CT molecular complexity index is 643. The molecule has 0 amide bonds. The normalized spacial score (nSPS) is 18.3. The highest BCUT2D eigenvalue weighted by atomic mass is 16.6. The minimum atomic E-state index is 0.0354.